The molecule has 0 radical (unpaired) electrons. The second kappa shape index (κ2) is 2.83. The van der Waals surface area contributed by atoms with Crippen LogP contribution in [0.2, 0.25) is 0 Å². The summed E-state index contributed by atoms with van der Waals surface area (Å²) in [5, 5.41) is 0. The molecule has 0 unspecified atom stereocenters. The van der Waals surface area contributed by atoms with Crippen LogP contribution in [0.15, 0.2) is 24.3 Å². The lowest BCUT2D eigenvalue weighted by Gasteiger charge is -2.07. The molecule has 0 aromatic carbocycles. The minimum atomic E-state index is 0.322. The van der Waals surface area contributed by atoms with Crippen molar-refractivity contribution >= 4 is 0 Å². The minimum Gasteiger partial charge on any atom is -0.328 e. The Morgan fingerprint density at radius 1 is 1.44 bits per heavy atom. The van der Waals surface area contributed by atoms with E-state index in [1.807, 2.05) is 6.92 Å². The van der Waals surface area contributed by atoms with Gasteiger partial charge in [-0.25, -0.2) is 0 Å². The van der Waals surface area contributed by atoms with E-state index in [1.165, 1.54) is 0 Å². The highest BCUT2D eigenvalue weighted by molar-refractivity contribution is 5.17. The second-order valence-electron chi connectivity index (χ2n) is 2.65. The van der Waals surface area contributed by atoms with E-state index in [4.69, 9.17) is 5.73 Å². The maximum Gasteiger partial charge on any atom is 0.00190 e. The summed E-state index contributed by atoms with van der Waals surface area (Å²) in [4.78, 5) is 0. The van der Waals surface area contributed by atoms with Crippen molar-refractivity contribution in [2.45, 2.75) is 19.4 Å². The monoisotopic (exact) mass is 123 g/mol. The quantitative estimate of drug-likeness (QED) is 0.591. The Bertz CT molecular complexity index is 122. The van der Waals surface area contributed by atoms with Gasteiger partial charge >= 0.3 is 0 Å². The highest BCUT2D eigenvalue weighted by atomic mass is 14.6. The number of hydrogen-bond acceptors (Lipinski definition) is 1. The van der Waals surface area contributed by atoms with Crippen molar-refractivity contribution in [3.63, 3.8) is 0 Å². The highest BCUT2D eigenvalue weighted by Gasteiger charge is 2.04. The molecule has 0 heterocycles. The van der Waals surface area contributed by atoms with Crippen LogP contribution in [-0.2, 0) is 0 Å². The molecule has 0 spiro atoms. The van der Waals surface area contributed by atoms with Gasteiger partial charge in [0.1, 0.15) is 0 Å². The third-order valence-electron chi connectivity index (χ3n) is 1.47. The first-order valence-corrected chi connectivity index (χ1v) is 3.39. The normalized spacial score (nSPS) is 21.1. The topological polar surface area (TPSA) is 26.0 Å². The van der Waals surface area contributed by atoms with Gasteiger partial charge in [-0.3, -0.25) is 0 Å². The molecule has 0 saturated heterocycles. The van der Waals surface area contributed by atoms with E-state index in [0.717, 1.165) is 6.42 Å². The molecular weight excluding hydrogens is 110 g/mol. The second-order valence-corrected chi connectivity index (χ2v) is 2.65. The molecule has 50 valence electrons. The zero-order chi connectivity index (χ0) is 6.69. The van der Waals surface area contributed by atoms with E-state index in [2.05, 4.69) is 24.3 Å². The van der Waals surface area contributed by atoms with Crippen LogP contribution in [-0.4, -0.2) is 6.04 Å². The van der Waals surface area contributed by atoms with Gasteiger partial charge in [0.2, 0.25) is 0 Å². The minimum absolute atomic E-state index is 0.322. The Balaban J connectivity index is 2.29. The fourth-order valence-electron chi connectivity index (χ4n) is 1.06. The van der Waals surface area contributed by atoms with E-state index in [9.17, 15) is 0 Å². The number of hydrogen-bond donors (Lipinski definition) is 1. The summed E-state index contributed by atoms with van der Waals surface area (Å²) in [7, 11) is 0. The number of rotatable bonds is 2. The standard InChI is InChI=1S/C8H13N/c1-7(9)6-8-4-2-3-5-8/h2-5,7-8H,6,9H2,1H3/t7-/m0/s1. The molecular formula is C8H13N. The van der Waals surface area contributed by atoms with Crippen molar-refractivity contribution in [2.24, 2.45) is 11.7 Å². The summed E-state index contributed by atoms with van der Waals surface area (Å²) < 4.78 is 0. The van der Waals surface area contributed by atoms with Crippen LogP contribution >= 0.6 is 0 Å². The van der Waals surface area contributed by atoms with Crippen molar-refractivity contribution in [1.82, 2.24) is 0 Å². The predicted molar refractivity (Wildman–Crippen MR) is 40.0 cm³/mol. The van der Waals surface area contributed by atoms with E-state index < -0.39 is 0 Å². The van der Waals surface area contributed by atoms with Crippen molar-refractivity contribution in [3.8, 4) is 0 Å². The van der Waals surface area contributed by atoms with Crippen LogP contribution < -0.4 is 5.73 Å². The molecule has 1 atom stereocenters. The van der Waals surface area contributed by atoms with E-state index in [1.54, 1.807) is 0 Å². The first-order chi connectivity index (χ1) is 4.29. The summed E-state index contributed by atoms with van der Waals surface area (Å²) in [6, 6.07) is 0.322. The largest absolute Gasteiger partial charge is 0.328 e. The van der Waals surface area contributed by atoms with E-state index >= 15 is 0 Å². The summed E-state index contributed by atoms with van der Waals surface area (Å²) in [6.07, 6.45) is 9.60. The Morgan fingerprint density at radius 3 is 2.44 bits per heavy atom. The molecule has 0 aromatic heterocycles. The van der Waals surface area contributed by atoms with E-state index in [-0.39, 0.29) is 0 Å². The van der Waals surface area contributed by atoms with Gasteiger partial charge in [0.25, 0.3) is 0 Å². The molecule has 0 aliphatic heterocycles. The first-order valence-electron chi connectivity index (χ1n) is 3.39. The van der Waals surface area contributed by atoms with Crippen LogP contribution in [0.1, 0.15) is 13.3 Å². The number of allylic oxidation sites excluding steroid dienone is 4. The van der Waals surface area contributed by atoms with Crippen LogP contribution in [0.5, 0.6) is 0 Å². The van der Waals surface area contributed by atoms with Gasteiger partial charge in [0.15, 0.2) is 0 Å². The predicted octanol–water partition coefficient (Wildman–Crippen LogP) is 1.47. The molecule has 0 amide bonds. The zero-order valence-corrected chi connectivity index (χ0v) is 5.75. The molecule has 0 aromatic rings. The maximum absolute atomic E-state index is 5.60. The van der Waals surface area contributed by atoms with Gasteiger partial charge < -0.3 is 5.73 Å². The summed E-state index contributed by atoms with van der Waals surface area (Å²) in [5.41, 5.74) is 5.60. The summed E-state index contributed by atoms with van der Waals surface area (Å²) in [5.74, 6) is 0.602. The van der Waals surface area contributed by atoms with Crippen molar-refractivity contribution < 1.29 is 0 Å². The lowest BCUT2D eigenvalue weighted by molar-refractivity contribution is 0.604. The molecule has 1 aliphatic carbocycles. The lowest BCUT2D eigenvalue weighted by Crippen LogP contribution is -2.17. The van der Waals surface area contributed by atoms with Crippen molar-refractivity contribution in [1.29, 1.82) is 0 Å². The molecule has 1 aliphatic rings. The fraction of sp³-hybridized carbons (Fsp3) is 0.500. The van der Waals surface area contributed by atoms with Gasteiger partial charge in [0, 0.05) is 6.04 Å². The SMILES string of the molecule is C[C@H](N)CC1C=CC=C1. The smallest absolute Gasteiger partial charge is 0.00190 e. The average molecular weight is 123 g/mol. The molecule has 0 fully saturated rings. The highest BCUT2D eigenvalue weighted by Crippen LogP contribution is 2.13. The molecule has 1 nitrogen and oxygen atoms in total. The van der Waals surface area contributed by atoms with Crippen LogP contribution in [0.4, 0.5) is 0 Å². The summed E-state index contributed by atoms with van der Waals surface area (Å²) >= 11 is 0. The molecule has 1 heteroatoms. The molecule has 0 bridgehead atoms. The molecule has 2 N–H and O–H groups in total. The molecule has 9 heavy (non-hydrogen) atoms. The van der Waals surface area contributed by atoms with Crippen molar-refractivity contribution in [3.05, 3.63) is 24.3 Å². The maximum atomic E-state index is 5.60. The van der Waals surface area contributed by atoms with Gasteiger partial charge in [-0.2, -0.15) is 0 Å². The Labute approximate surface area is 56.2 Å². The number of nitrogens with two attached hydrogens (primary N) is 1. The van der Waals surface area contributed by atoms with Crippen LogP contribution in [0.25, 0.3) is 0 Å². The van der Waals surface area contributed by atoms with Gasteiger partial charge in [-0.1, -0.05) is 24.3 Å². The van der Waals surface area contributed by atoms with Gasteiger partial charge in [0.05, 0.1) is 0 Å². The first kappa shape index (κ1) is 6.56. The Morgan fingerprint density at radius 2 is 2.00 bits per heavy atom. The van der Waals surface area contributed by atoms with Crippen molar-refractivity contribution in [2.75, 3.05) is 0 Å². The lowest BCUT2D eigenvalue weighted by atomic mass is 10.0. The van der Waals surface area contributed by atoms with Gasteiger partial charge in [-0.15, -0.1) is 0 Å². The third-order valence-corrected chi connectivity index (χ3v) is 1.47. The van der Waals surface area contributed by atoms with Crippen LogP contribution in [0, 0.1) is 5.92 Å². The average Bonchev–Trinajstić information content (AvgIpc) is 2.15. The Hall–Kier alpha value is -0.560. The molecule has 0 saturated carbocycles. The Kier molecular flexibility index (Phi) is 2.06. The zero-order valence-electron chi connectivity index (χ0n) is 5.75. The molecule has 1 rings (SSSR count). The van der Waals surface area contributed by atoms with Crippen LogP contribution in [0.3, 0.4) is 0 Å². The fourth-order valence-corrected chi connectivity index (χ4v) is 1.06. The summed E-state index contributed by atoms with van der Waals surface area (Å²) in [6.45, 7) is 2.04. The van der Waals surface area contributed by atoms with Gasteiger partial charge in [-0.05, 0) is 19.3 Å². The third kappa shape index (κ3) is 2.02. The van der Waals surface area contributed by atoms with E-state index in [0.29, 0.717) is 12.0 Å².